The quantitative estimate of drug-likeness (QED) is 0.0749. The van der Waals surface area contributed by atoms with Gasteiger partial charge in [-0.05, 0) is 132 Å². The number of aromatic nitrogens is 1. The van der Waals surface area contributed by atoms with Crippen molar-refractivity contribution in [2.24, 2.45) is 0 Å². The van der Waals surface area contributed by atoms with Gasteiger partial charge in [-0.15, -0.1) is 12.6 Å². The van der Waals surface area contributed by atoms with E-state index in [1.54, 1.807) is 147 Å². The van der Waals surface area contributed by atoms with Gasteiger partial charge >= 0.3 is 23.0 Å². The van der Waals surface area contributed by atoms with Crippen LogP contribution in [0.15, 0.2) is 200 Å². The number of aryl methyl sites for hydroxylation is 2. The van der Waals surface area contributed by atoms with Gasteiger partial charge in [0.25, 0.3) is 0 Å². The molecule has 0 aliphatic carbocycles. The molecule has 9 rings (SSSR count). The fourth-order valence-corrected chi connectivity index (χ4v) is 8.91. The Hall–Kier alpha value is -10.2. The normalized spacial score (nSPS) is 11.2. The topological polar surface area (TPSA) is 174 Å². The molecule has 0 saturated carbocycles. The molecular formula is C62H39F6N3O8S. The third-order valence-corrected chi connectivity index (χ3v) is 12.7. The summed E-state index contributed by atoms with van der Waals surface area (Å²) in [6, 6.07) is 50.5. The van der Waals surface area contributed by atoms with E-state index in [-0.39, 0.29) is 56.6 Å². The molecule has 0 aliphatic rings. The molecule has 0 fully saturated rings. The molecule has 9 aromatic rings. The van der Waals surface area contributed by atoms with Crippen LogP contribution in [-0.2, 0) is 16.0 Å². The lowest BCUT2D eigenvalue weighted by Crippen LogP contribution is -2.54. The molecular weight excluding hydrogens is 1060 g/mol. The van der Waals surface area contributed by atoms with Crippen molar-refractivity contribution in [1.29, 1.82) is 10.5 Å². The number of hydrogen-bond donors (Lipinski definition) is 0. The van der Waals surface area contributed by atoms with Crippen molar-refractivity contribution in [2.45, 2.75) is 31.6 Å². The molecule has 0 atom stereocenters. The van der Waals surface area contributed by atoms with Crippen LogP contribution >= 0.6 is 0 Å². The SMILES string of the molecule is Cc1ccc(-c2ccc(-c3cccc(Oc4ccc(C(c5ccc(Oc6cccc(C)c6C#N)cc5)(C(F)(F)F)C(F)(F)F)cc4)c3C#N)cc2C(=O)c2ccc(Oc3ccccn3)cc2)cc1C(=O)c1ccccc1.O=S(=O)=O. The fraction of sp³-hybridized carbons (Fsp3) is 0.0806. The average molecular weight is 1100 g/mol. The molecule has 1 heterocycles. The largest absolute Gasteiger partial charge is 0.456 e. The third kappa shape index (κ3) is 11.9. The summed E-state index contributed by atoms with van der Waals surface area (Å²) < 4.78 is 134. The summed E-state index contributed by atoms with van der Waals surface area (Å²) in [4.78, 5) is 32.7. The number of ketones is 2. The Kier molecular flexibility index (Phi) is 16.5. The van der Waals surface area contributed by atoms with Crippen LogP contribution in [0.25, 0.3) is 22.3 Å². The van der Waals surface area contributed by atoms with Gasteiger partial charge in [0.2, 0.25) is 11.3 Å². The van der Waals surface area contributed by atoms with Gasteiger partial charge in [-0.1, -0.05) is 109 Å². The number of alkyl halides is 6. The zero-order chi connectivity index (χ0) is 57.4. The van der Waals surface area contributed by atoms with E-state index in [0.717, 1.165) is 24.3 Å². The summed E-state index contributed by atoms with van der Waals surface area (Å²) in [5.74, 6) is -0.168. The lowest BCUT2D eigenvalue weighted by Gasteiger charge is -2.38. The van der Waals surface area contributed by atoms with E-state index in [1.165, 1.54) is 12.1 Å². The number of rotatable bonds is 14. The van der Waals surface area contributed by atoms with Crippen molar-refractivity contribution in [3.63, 3.8) is 0 Å². The summed E-state index contributed by atoms with van der Waals surface area (Å²) in [6.45, 7) is 3.46. The standard InChI is InChI=1S/C62H39F6N3O5.O3S/c1-38-10-8-14-55(53(38)36-69)74-46-28-22-44(23-29-46)60(61(63,64)65,62(66,67)68)45-24-30-47(31-25-45)75-56-15-9-13-49(54(56)37-70)43-21-32-50(42-18-17-39(2)51(34-42)58(72)40-11-4-3-5-12-40)52(35-43)59(73)41-19-26-48(27-20-41)76-57-16-6-7-33-71-57;1-4(2)3/h3-35H,1-2H3;. The maximum Gasteiger partial charge on any atom is 0.425 e. The second-order valence-electron chi connectivity index (χ2n) is 17.7. The predicted octanol–water partition coefficient (Wildman–Crippen LogP) is 15.0. The molecule has 0 N–H and O–H groups in total. The lowest BCUT2D eigenvalue weighted by atomic mass is 9.73. The molecule has 80 heavy (non-hydrogen) atoms. The van der Waals surface area contributed by atoms with Gasteiger partial charge in [0.15, 0.2) is 11.6 Å². The van der Waals surface area contributed by atoms with E-state index in [1.807, 2.05) is 13.0 Å². The number of carbonyl (C=O) groups is 2. The van der Waals surface area contributed by atoms with E-state index in [9.17, 15) is 20.1 Å². The summed E-state index contributed by atoms with van der Waals surface area (Å²) in [5, 5.41) is 20.2. The van der Waals surface area contributed by atoms with Crippen LogP contribution in [-0.4, -0.2) is 41.5 Å². The number of benzene rings is 8. The van der Waals surface area contributed by atoms with E-state index in [4.69, 9.17) is 26.8 Å². The Bertz CT molecular complexity index is 3960. The van der Waals surface area contributed by atoms with E-state index in [2.05, 4.69) is 11.1 Å². The summed E-state index contributed by atoms with van der Waals surface area (Å²) >= 11 is 0. The maximum atomic E-state index is 15.2. The Morgan fingerprint density at radius 2 is 0.950 bits per heavy atom. The molecule has 0 unspecified atom stereocenters. The van der Waals surface area contributed by atoms with Crippen LogP contribution in [0.5, 0.6) is 34.6 Å². The number of pyridine rings is 1. The molecule has 0 spiro atoms. The summed E-state index contributed by atoms with van der Waals surface area (Å²) in [7, 11) is -3.11. The van der Waals surface area contributed by atoms with Crippen molar-refractivity contribution >= 4 is 22.2 Å². The first-order valence-corrected chi connectivity index (χ1v) is 24.8. The maximum absolute atomic E-state index is 15.2. The van der Waals surface area contributed by atoms with Crippen molar-refractivity contribution < 1.29 is 62.8 Å². The van der Waals surface area contributed by atoms with Gasteiger partial charge in [0, 0.05) is 40.1 Å². The Labute approximate surface area is 455 Å². The molecule has 0 bridgehead atoms. The zero-order valence-corrected chi connectivity index (χ0v) is 42.7. The second-order valence-corrected chi connectivity index (χ2v) is 18.1. The van der Waals surface area contributed by atoms with E-state index < -0.39 is 45.3 Å². The Balaban J connectivity index is 0.00000203. The number of halogens is 6. The van der Waals surface area contributed by atoms with Crippen molar-refractivity contribution in [2.75, 3.05) is 0 Å². The van der Waals surface area contributed by atoms with Crippen LogP contribution in [0.3, 0.4) is 0 Å². The Morgan fingerprint density at radius 1 is 0.475 bits per heavy atom. The highest BCUT2D eigenvalue weighted by Gasteiger charge is 2.72. The minimum Gasteiger partial charge on any atom is -0.456 e. The van der Waals surface area contributed by atoms with Crippen molar-refractivity contribution in [3.05, 3.63) is 256 Å². The fourth-order valence-electron chi connectivity index (χ4n) is 8.91. The van der Waals surface area contributed by atoms with Crippen LogP contribution in [0.4, 0.5) is 26.3 Å². The smallest absolute Gasteiger partial charge is 0.425 e. The second kappa shape index (κ2) is 23.6. The molecule has 0 saturated heterocycles. The first-order valence-electron chi connectivity index (χ1n) is 23.8. The number of nitrogens with zero attached hydrogens (tertiary/aromatic N) is 3. The number of ether oxygens (including phenoxy) is 3. The third-order valence-electron chi connectivity index (χ3n) is 12.7. The van der Waals surface area contributed by atoms with Crippen LogP contribution in [0.2, 0.25) is 0 Å². The molecule has 0 aliphatic heterocycles. The zero-order valence-electron chi connectivity index (χ0n) is 41.8. The van der Waals surface area contributed by atoms with Gasteiger partial charge in [-0.2, -0.15) is 36.9 Å². The van der Waals surface area contributed by atoms with E-state index in [0.29, 0.717) is 74.8 Å². The molecule has 8 aromatic carbocycles. The first-order chi connectivity index (χ1) is 38.2. The van der Waals surface area contributed by atoms with Crippen LogP contribution in [0, 0.1) is 36.5 Å². The van der Waals surface area contributed by atoms with Gasteiger partial charge in [-0.3, -0.25) is 9.59 Å². The summed E-state index contributed by atoms with van der Waals surface area (Å²) in [6.07, 6.45) is -10.2. The highest BCUT2D eigenvalue weighted by molar-refractivity contribution is 7.59. The first kappa shape index (κ1) is 56.0. The number of carbonyl (C=O) groups excluding carboxylic acids is 2. The van der Waals surface area contributed by atoms with E-state index >= 15 is 26.3 Å². The molecule has 1 aromatic heterocycles. The van der Waals surface area contributed by atoms with Crippen molar-refractivity contribution in [1.82, 2.24) is 4.98 Å². The van der Waals surface area contributed by atoms with Gasteiger partial charge in [-0.25, -0.2) is 4.98 Å². The van der Waals surface area contributed by atoms with Crippen molar-refractivity contribution in [3.8, 4) is 69.0 Å². The van der Waals surface area contributed by atoms with Gasteiger partial charge < -0.3 is 14.2 Å². The Morgan fingerprint density at radius 3 is 1.50 bits per heavy atom. The highest BCUT2D eigenvalue weighted by atomic mass is 32.2. The number of nitriles is 2. The minimum absolute atomic E-state index is 0.0605. The van der Waals surface area contributed by atoms with Gasteiger partial charge in [0.05, 0.1) is 5.56 Å². The monoisotopic (exact) mass is 1100 g/mol. The van der Waals surface area contributed by atoms with Crippen LogP contribution in [0.1, 0.15) is 65.2 Å². The summed E-state index contributed by atoms with van der Waals surface area (Å²) in [5.41, 5.74) is -2.40. The molecule has 18 heteroatoms. The predicted molar refractivity (Wildman–Crippen MR) is 282 cm³/mol. The molecule has 0 amide bonds. The molecule has 11 nitrogen and oxygen atoms in total. The highest BCUT2D eigenvalue weighted by Crippen LogP contribution is 2.56. The van der Waals surface area contributed by atoms with Gasteiger partial charge in [0.1, 0.15) is 46.4 Å². The molecule has 398 valence electrons. The lowest BCUT2D eigenvalue weighted by molar-refractivity contribution is -0.288. The average Bonchev–Trinajstić information content (AvgIpc) is 3.60. The minimum atomic E-state index is -5.90. The van der Waals surface area contributed by atoms with Crippen LogP contribution < -0.4 is 14.2 Å². The molecule has 0 radical (unpaired) electrons. The number of hydrogen-bond acceptors (Lipinski definition) is 11.